The van der Waals surface area contributed by atoms with E-state index >= 15 is 0 Å². The molecule has 1 aliphatic carbocycles. The summed E-state index contributed by atoms with van der Waals surface area (Å²) in [5, 5.41) is 5.40. The first-order valence-corrected chi connectivity index (χ1v) is 7.83. The topological polar surface area (TPSA) is 50.4 Å². The highest BCUT2D eigenvalue weighted by Crippen LogP contribution is 2.26. The lowest BCUT2D eigenvalue weighted by atomic mass is 10.1. The number of para-hydroxylation sites is 2. The normalized spacial score (nSPS) is 14.0. The summed E-state index contributed by atoms with van der Waals surface area (Å²) >= 11 is 0. The van der Waals surface area contributed by atoms with E-state index in [4.69, 9.17) is 4.74 Å². The number of hydrogen-bond donors (Lipinski definition) is 2. The summed E-state index contributed by atoms with van der Waals surface area (Å²) in [5.41, 5.74) is 2.59. The Kier molecular flexibility index (Phi) is 4.83. The molecule has 2 aromatic carbocycles. The number of benzene rings is 2. The highest BCUT2D eigenvalue weighted by molar-refractivity contribution is 5.91. The zero-order valence-corrected chi connectivity index (χ0v) is 13.3. The van der Waals surface area contributed by atoms with Crippen molar-refractivity contribution < 1.29 is 22.7 Å². The molecule has 2 amide bonds. The largest absolute Gasteiger partial charge is 0.482 e. The van der Waals surface area contributed by atoms with Gasteiger partial charge in [-0.1, -0.05) is 36.4 Å². The van der Waals surface area contributed by atoms with Crippen molar-refractivity contribution in [1.29, 1.82) is 0 Å². The molecule has 0 unspecified atom stereocenters. The minimum atomic E-state index is -4.44. The van der Waals surface area contributed by atoms with Gasteiger partial charge in [0.25, 0.3) is 0 Å². The molecular formula is C18H17F3N2O2. The van der Waals surface area contributed by atoms with Gasteiger partial charge >= 0.3 is 12.2 Å². The molecule has 0 spiro atoms. The van der Waals surface area contributed by atoms with Crippen molar-refractivity contribution in [2.45, 2.75) is 25.1 Å². The van der Waals surface area contributed by atoms with Crippen LogP contribution < -0.4 is 15.4 Å². The molecule has 0 heterocycles. The second-order valence-electron chi connectivity index (χ2n) is 5.87. The van der Waals surface area contributed by atoms with E-state index < -0.39 is 18.8 Å². The molecule has 0 aromatic heterocycles. The van der Waals surface area contributed by atoms with Gasteiger partial charge in [0.2, 0.25) is 0 Å². The van der Waals surface area contributed by atoms with Gasteiger partial charge in [-0.2, -0.15) is 13.2 Å². The third-order valence-corrected chi connectivity index (χ3v) is 3.91. The molecule has 4 nitrogen and oxygen atoms in total. The number of hydrogen-bond acceptors (Lipinski definition) is 2. The van der Waals surface area contributed by atoms with Gasteiger partial charge in [-0.15, -0.1) is 0 Å². The molecule has 7 heteroatoms. The van der Waals surface area contributed by atoms with E-state index in [0.717, 1.165) is 12.8 Å². The van der Waals surface area contributed by atoms with Crippen molar-refractivity contribution in [3.8, 4) is 5.75 Å². The molecule has 3 rings (SSSR count). The van der Waals surface area contributed by atoms with Crippen molar-refractivity contribution in [3.63, 3.8) is 0 Å². The fourth-order valence-corrected chi connectivity index (χ4v) is 2.86. The maximum absolute atomic E-state index is 12.3. The first-order valence-electron chi connectivity index (χ1n) is 7.83. The van der Waals surface area contributed by atoms with Crippen molar-refractivity contribution in [2.75, 3.05) is 11.9 Å². The Bertz CT molecular complexity index is 737. The van der Waals surface area contributed by atoms with Gasteiger partial charge in [-0.25, -0.2) is 4.79 Å². The van der Waals surface area contributed by atoms with Gasteiger partial charge in [0, 0.05) is 6.04 Å². The number of urea groups is 1. The number of alkyl halides is 3. The van der Waals surface area contributed by atoms with E-state index in [9.17, 15) is 18.0 Å². The average molecular weight is 350 g/mol. The first-order chi connectivity index (χ1) is 11.9. The third kappa shape index (κ3) is 4.65. The minimum absolute atomic E-state index is 0.0234. The van der Waals surface area contributed by atoms with Crippen LogP contribution in [0.1, 0.15) is 11.1 Å². The maximum Gasteiger partial charge on any atom is 0.422 e. The SMILES string of the molecule is O=C(Nc1ccccc1OCC(F)(F)F)NC1Cc2ccccc2C1. The molecule has 1 aliphatic rings. The summed E-state index contributed by atoms with van der Waals surface area (Å²) in [5.74, 6) is -0.0234. The van der Waals surface area contributed by atoms with Crippen LogP contribution in [0.15, 0.2) is 48.5 Å². The lowest BCUT2D eigenvalue weighted by Crippen LogP contribution is -2.38. The maximum atomic E-state index is 12.3. The molecule has 0 aliphatic heterocycles. The Balaban J connectivity index is 1.59. The van der Waals surface area contributed by atoms with Gasteiger partial charge < -0.3 is 15.4 Å². The summed E-state index contributed by atoms with van der Waals surface area (Å²) in [4.78, 5) is 12.2. The van der Waals surface area contributed by atoms with Crippen LogP contribution >= 0.6 is 0 Å². The summed E-state index contributed by atoms with van der Waals surface area (Å²) in [6.45, 7) is -1.41. The van der Waals surface area contributed by atoms with E-state index in [2.05, 4.69) is 10.6 Å². The fourth-order valence-electron chi connectivity index (χ4n) is 2.86. The predicted molar refractivity (Wildman–Crippen MR) is 87.8 cm³/mol. The van der Waals surface area contributed by atoms with E-state index in [0.29, 0.717) is 0 Å². The summed E-state index contributed by atoms with van der Waals surface area (Å²) in [6, 6.07) is 13.5. The minimum Gasteiger partial charge on any atom is -0.482 e. The highest BCUT2D eigenvalue weighted by atomic mass is 19.4. The van der Waals surface area contributed by atoms with E-state index in [-0.39, 0.29) is 17.5 Å². The Morgan fingerprint density at radius 2 is 1.64 bits per heavy atom. The Morgan fingerprint density at radius 3 is 2.28 bits per heavy atom. The number of amides is 2. The van der Waals surface area contributed by atoms with Crippen LogP contribution in [0, 0.1) is 0 Å². The lowest BCUT2D eigenvalue weighted by Gasteiger charge is -2.16. The predicted octanol–water partition coefficient (Wildman–Crippen LogP) is 3.92. The van der Waals surface area contributed by atoms with Crippen molar-refractivity contribution >= 4 is 11.7 Å². The molecule has 0 saturated carbocycles. The number of carbonyl (C=O) groups is 1. The van der Waals surface area contributed by atoms with Crippen LogP contribution in [0.2, 0.25) is 0 Å². The van der Waals surface area contributed by atoms with Crippen molar-refractivity contribution in [3.05, 3.63) is 59.7 Å². The van der Waals surface area contributed by atoms with E-state index in [1.165, 1.54) is 23.3 Å². The van der Waals surface area contributed by atoms with Gasteiger partial charge in [0.15, 0.2) is 6.61 Å². The Morgan fingerprint density at radius 1 is 1.04 bits per heavy atom. The molecule has 0 atom stereocenters. The number of fused-ring (bicyclic) bond motifs is 1. The fraction of sp³-hybridized carbons (Fsp3) is 0.278. The summed E-state index contributed by atoms with van der Waals surface area (Å²) in [7, 11) is 0. The molecule has 2 aromatic rings. The number of anilines is 1. The van der Waals surface area contributed by atoms with Crippen LogP contribution in [0.5, 0.6) is 5.75 Å². The number of ether oxygens (including phenoxy) is 1. The van der Waals surface area contributed by atoms with E-state index in [1.54, 1.807) is 12.1 Å². The number of rotatable bonds is 4. The Labute approximate surface area is 143 Å². The van der Waals surface area contributed by atoms with Gasteiger partial charge in [0.1, 0.15) is 5.75 Å². The molecule has 0 saturated heterocycles. The summed E-state index contributed by atoms with van der Waals surface area (Å²) in [6.07, 6.45) is -2.98. The highest BCUT2D eigenvalue weighted by Gasteiger charge is 2.29. The molecule has 0 fully saturated rings. The average Bonchev–Trinajstić information content (AvgIpc) is 2.95. The van der Waals surface area contributed by atoms with E-state index in [1.807, 2.05) is 24.3 Å². The van der Waals surface area contributed by atoms with Crippen LogP contribution in [-0.2, 0) is 12.8 Å². The molecule has 25 heavy (non-hydrogen) atoms. The molecule has 0 radical (unpaired) electrons. The first kappa shape index (κ1) is 17.1. The smallest absolute Gasteiger partial charge is 0.422 e. The van der Waals surface area contributed by atoms with Crippen molar-refractivity contribution in [2.24, 2.45) is 0 Å². The quantitative estimate of drug-likeness (QED) is 0.878. The second kappa shape index (κ2) is 7.04. The number of nitrogens with one attached hydrogen (secondary N) is 2. The zero-order valence-electron chi connectivity index (χ0n) is 13.3. The number of carbonyl (C=O) groups excluding carboxylic acids is 1. The van der Waals surface area contributed by atoms with Crippen LogP contribution in [0.4, 0.5) is 23.7 Å². The summed E-state index contributed by atoms with van der Waals surface area (Å²) < 4.78 is 41.7. The monoisotopic (exact) mass is 350 g/mol. The molecule has 132 valence electrons. The van der Waals surface area contributed by atoms with Gasteiger partial charge in [-0.3, -0.25) is 0 Å². The lowest BCUT2D eigenvalue weighted by molar-refractivity contribution is -0.153. The molecular weight excluding hydrogens is 333 g/mol. The van der Waals surface area contributed by atoms with Gasteiger partial charge in [-0.05, 0) is 36.1 Å². The molecule has 2 N–H and O–H groups in total. The standard InChI is InChI=1S/C18H17F3N2O2/c19-18(20,21)11-25-16-8-4-3-7-15(16)23-17(24)22-14-9-12-5-1-2-6-13(12)10-14/h1-8,14H,9-11H2,(H2,22,23,24). The molecule has 0 bridgehead atoms. The third-order valence-electron chi connectivity index (χ3n) is 3.91. The Hall–Kier alpha value is -2.70. The van der Waals surface area contributed by atoms with Crippen LogP contribution in [0.25, 0.3) is 0 Å². The number of halogens is 3. The van der Waals surface area contributed by atoms with Crippen LogP contribution in [0.3, 0.4) is 0 Å². The zero-order chi connectivity index (χ0) is 17.9. The van der Waals surface area contributed by atoms with Crippen molar-refractivity contribution in [1.82, 2.24) is 5.32 Å². The second-order valence-corrected chi connectivity index (χ2v) is 5.87. The van der Waals surface area contributed by atoms with Gasteiger partial charge in [0.05, 0.1) is 5.69 Å². The van der Waals surface area contributed by atoms with Crippen LogP contribution in [-0.4, -0.2) is 24.9 Å².